The Morgan fingerprint density at radius 3 is 2.53 bits per heavy atom. The third-order valence-electron chi connectivity index (χ3n) is 2.41. The van der Waals surface area contributed by atoms with Gasteiger partial charge in [-0.25, -0.2) is 4.39 Å². The van der Waals surface area contributed by atoms with Crippen LogP contribution in [0.3, 0.4) is 0 Å². The number of hydrogen-bond acceptors (Lipinski definition) is 2. The molecule has 0 spiro atoms. The summed E-state index contributed by atoms with van der Waals surface area (Å²) in [4.78, 5) is 0. The predicted molar refractivity (Wildman–Crippen MR) is 61.9 cm³/mol. The molecule has 1 rings (SSSR count). The minimum atomic E-state index is -0.970. The molecule has 0 bridgehead atoms. The first-order valence-corrected chi connectivity index (χ1v) is 5.61. The van der Waals surface area contributed by atoms with Gasteiger partial charge in [0.25, 0.3) is 0 Å². The fourth-order valence-electron chi connectivity index (χ4n) is 1.31. The number of rotatable bonds is 3. The van der Waals surface area contributed by atoms with Gasteiger partial charge in [-0.3, -0.25) is 0 Å². The molecule has 3 N–H and O–H groups in total. The van der Waals surface area contributed by atoms with Gasteiger partial charge in [0.05, 0.1) is 6.10 Å². The topological polar surface area (TPSA) is 46.2 Å². The van der Waals surface area contributed by atoms with Crippen molar-refractivity contribution in [2.45, 2.75) is 26.0 Å². The van der Waals surface area contributed by atoms with Crippen molar-refractivity contribution in [3.05, 3.63) is 34.1 Å². The molecule has 15 heavy (non-hydrogen) atoms. The third kappa shape index (κ3) is 3.00. The van der Waals surface area contributed by atoms with Crippen molar-refractivity contribution in [3.63, 3.8) is 0 Å². The van der Waals surface area contributed by atoms with Crippen molar-refractivity contribution in [3.8, 4) is 0 Å². The van der Waals surface area contributed by atoms with E-state index in [1.165, 1.54) is 6.07 Å². The Bertz CT molecular complexity index is 343. The summed E-state index contributed by atoms with van der Waals surface area (Å²) in [5.41, 5.74) is 6.02. The molecule has 0 radical (unpaired) electrons. The number of hydrogen-bond donors (Lipinski definition) is 2. The average Bonchev–Trinajstić information content (AvgIpc) is 2.19. The standard InChI is InChI=1S/C11H15BrFNO/c1-6(2)10(14)11(15)8-5-7(12)3-4-9(8)13/h3-6,10-11,15H,14H2,1-2H3. The Kier molecular flexibility index (Phi) is 4.25. The Hall–Kier alpha value is -0.450. The zero-order valence-corrected chi connectivity index (χ0v) is 10.3. The van der Waals surface area contributed by atoms with Crippen molar-refractivity contribution >= 4 is 15.9 Å². The molecule has 0 fully saturated rings. The third-order valence-corrected chi connectivity index (χ3v) is 2.90. The van der Waals surface area contributed by atoms with E-state index >= 15 is 0 Å². The predicted octanol–water partition coefficient (Wildman–Crippen LogP) is 2.60. The van der Waals surface area contributed by atoms with Crippen molar-refractivity contribution < 1.29 is 9.50 Å². The molecular weight excluding hydrogens is 261 g/mol. The van der Waals surface area contributed by atoms with Crippen LogP contribution in [0.4, 0.5) is 4.39 Å². The molecule has 0 amide bonds. The molecule has 0 heterocycles. The van der Waals surface area contributed by atoms with Crippen LogP contribution in [0.15, 0.2) is 22.7 Å². The largest absolute Gasteiger partial charge is 0.387 e. The molecule has 1 aromatic carbocycles. The van der Waals surface area contributed by atoms with Crippen LogP contribution in [0.2, 0.25) is 0 Å². The van der Waals surface area contributed by atoms with Crippen LogP contribution < -0.4 is 5.73 Å². The highest BCUT2D eigenvalue weighted by atomic mass is 79.9. The second-order valence-corrected chi connectivity index (χ2v) is 4.85. The second kappa shape index (κ2) is 5.05. The van der Waals surface area contributed by atoms with Gasteiger partial charge in [-0.15, -0.1) is 0 Å². The highest BCUT2D eigenvalue weighted by molar-refractivity contribution is 9.10. The summed E-state index contributed by atoms with van der Waals surface area (Å²) < 4.78 is 14.1. The lowest BCUT2D eigenvalue weighted by molar-refractivity contribution is 0.122. The Balaban J connectivity index is 2.99. The number of aliphatic hydroxyl groups excluding tert-OH is 1. The zero-order chi connectivity index (χ0) is 11.6. The van der Waals surface area contributed by atoms with Gasteiger partial charge in [-0.2, -0.15) is 0 Å². The normalized spacial score (nSPS) is 15.4. The number of aliphatic hydroxyl groups is 1. The maximum atomic E-state index is 13.4. The lowest BCUT2D eigenvalue weighted by Crippen LogP contribution is -2.33. The van der Waals surface area contributed by atoms with E-state index in [9.17, 15) is 9.50 Å². The zero-order valence-electron chi connectivity index (χ0n) is 8.74. The lowest BCUT2D eigenvalue weighted by atomic mass is 9.94. The van der Waals surface area contributed by atoms with Crippen LogP contribution in [0, 0.1) is 11.7 Å². The first-order chi connectivity index (χ1) is 6.93. The SMILES string of the molecule is CC(C)C(N)C(O)c1cc(Br)ccc1F. The summed E-state index contributed by atoms with van der Waals surface area (Å²) in [5, 5.41) is 9.88. The van der Waals surface area contributed by atoms with Crippen LogP contribution in [0.5, 0.6) is 0 Å². The van der Waals surface area contributed by atoms with Crippen LogP contribution in [0.1, 0.15) is 25.5 Å². The number of halogens is 2. The molecule has 84 valence electrons. The average molecular weight is 276 g/mol. The Morgan fingerprint density at radius 1 is 1.40 bits per heavy atom. The van der Waals surface area contributed by atoms with E-state index in [1.807, 2.05) is 13.8 Å². The first kappa shape index (κ1) is 12.6. The van der Waals surface area contributed by atoms with E-state index < -0.39 is 18.0 Å². The van der Waals surface area contributed by atoms with Gasteiger partial charge in [-0.1, -0.05) is 29.8 Å². The molecule has 2 nitrogen and oxygen atoms in total. The molecule has 2 unspecified atom stereocenters. The van der Waals surface area contributed by atoms with E-state index in [1.54, 1.807) is 12.1 Å². The fourth-order valence-corrected chi connectivity index (χ4v) is 1.69. The summed E-state index contributed by atoms with van der Waals surface area (Å²) in [6.45, 7) is 3.79. The van der Waals surface area contributed by atoms with E-state index in [0.29, 0.717) is 0 Å². The van der Waals surface area contributed by atoms with Crippen molar-refractivity contribution in [2.75, 3.05) is 0 Å². The molecule has 4 heteroatoms. The van der Waals surface area contributed by atoms with Crippen molar-refractivity contribution in [2.24, 2.45) is 11.7 Å². The molecule has 0 aliphatic carbocycles. The van der Waals surface area contributed by atoms with E-state index in [4.69, 9.17) is 5.73 Å². The van der Waals surface area contributed by atoms with Crippen molar-refractivity contribution in [1.29, 1.82) is 0 Å². The smallest absolute Gasteiger partial charge is 0.129 e. The van der Waals surface area contributed by atoms with Crippen LogP contribution in [-0.2, 0) is 0 Å². The maximum Gasteiger partial charge on any atom is 0.129 e. The van der Waals surface area contributed by atoms with Gasteiger partial charge in [0.15, 0.2) is 0 Å². The lowest BCUT2D eigenvalue weighted by Gasteiger charge is -2.22. The fraction of sp³-hybridized carbons (Fsp3) is 0.455. The van der Waals surface area contributed by atoms with Gasteiger partial charge in [0, 0.05) is 16.1 Å². The highest BCUT2D eigenvalue weighted by Gasteiger charge is 2.22. The number of benzene rings is 1. The van der Waals surface area contributed by atoms with Gasteiger partial charge >= 0.3 is 0 Å². The molecule has 0 saturated carbocycles. The molecule has 0 aliphatic rings. The molecule has 1 aromatic rings. The van der Waals surface area contributed by atoms with Gasteiger partial charge in [0.1, 0.15) is 5.82 Å². The van der Waals surface area contributed by atoms with Crippen molar-refractivity contribution in [1.82, 2.24) is 0 Å². The summed E-state index contributed by atoms with van der Waals surface area (Å²) in [6, 6.07) is 4.00. The van der Waals surface area contributed by atoms with Crippen LogP contribution >= 0.6 is 15.9 Å². The van der Waals surface area contributed by atoms with Gasteiger partial charge < -0.3 is 10.8 Å². The molecule has 0 aliphatic heterocycles. The highest BCUT2D eigenvalue weighted by Crippen LogP contribution is 2.25. The summed E-state index contributed by atoms with van der Waals surface area (Å²) in [6.07, 6.45) is -0.970. The molecule has 0 aromatic heterocycles. The number of nitrogens with two attached hydrogens (primary N) is 1. The van der Waals surface area contributed by atoms with E-state index in [2.05, 4.69) is 15.9 Å². The Labute approximate surface area is 97.4 Å². The van der Waals surface area contributed by atoms with Crippen LogP contribution in [-0.4, -0.2) is 11.1 Å². The van der Waals surface area contributed by atoms with Crippen LogP contribution in [0.25, 0.3) is 0 Å². The first-order valence-electron chi connectivity index (χ1n) is 4.82. The van der Waals surface area contributed by atoms with E-state index in [0.717, 1.165) is 4.47 Å². The summed E-state index contributed by atoms with van der Waals surface area (Å²) >= 11 is 3.23. The van der Waals surface area contributed by atoms with Gasteiger partial charge in [0.2, 0.25) is 0 Å². The minimum absolute atomic E-state index is 0.0957. The molecule has 0 saturated heterocycles. The van der Waals surface area contributed by atoms with Gasteiger partial charge in [-0.05, 0) is 24.1 Å². The monoisotopic (exact) mass is 275 g/mol. The second-order valence-electron chi connectivity index (χ2n) is 3.93. The minimum Gasteiger partial charge on any atom is -0.387 e. The Morgan fingerprint density at radius 2 is 2.00 bits per heavy atom. The summed E-state index contributed by atoms with van der Waals surface area (Å²) in [7, 11) is 0. The molecule has 2 atom stereocenters. The summed E-state index contributed by atoms with van der Waals surface area (Å²) in [5.74, 6) is -0.333. The maximum absolute atomic E-state index is 13.4. The molecular formula is C11H15BrFNO. The van der Waals surface area contributed by atoms with E-state index in [-0.39, 0.29) is 11.5 Å². The quantitative estimate of drug-likeness (QED) is 0.891.